The number of likely N-dealkylation sites (tertiary alicyclic amines) is 1. The number of nitrogens with zero attached hydrogens (tertiary/aromatic N) is 1. The quantitative estimate of drug-likeness (QED) is 0.758. The lowest BCUT2D eigenvalue weighted by Gasteiger charge is -2.23. The summed E-state index contributed by atoms with van der Waals surface area (Å²) in [5.74, 6) is -0.533. The summed E-state index contributed by atoms with van der Waals surface area (Å²) >= 11 is 0. The van der Waals surface area contributed by atoms with E-state index in [4.69, 9.17) is 4.74 Å². The van der Waals surface area contributed by atoms with E-state index in [0.717, 1.165) is 12.0 Å². The number of benzene rings is 1. The lowest BCUT2D eigenvalue weighted by Crippen LogP contribution is -2.36. The molecule has 0 aromatic heterocycles. The molecule has 1 saturated heterocycles. The Morgan fingerprint density at radius 3 is 2.65 bits per heavy atom. The predicted octanol–water partition coefficient (Wildman–Crippen LogP) is 1.70. The van der Waals surface area contributed by atoms with Crippen molar-refractivity contribution in [1.29, 1.82) is 0 Å². The third-order valence-corrected chi connectivity index (χ3v) is 5.06. The zero-order chi connectivity index (χ0) is 16.9. The predicted molar refractivity (Wildman–Crippen MR) is 90.1 cm³/mol. The Morgan fingerprint density at radius 2 is 2.04 bits per heavy atom. The highest BCUT2D eigenvalue weighted by Gasteiger charge is 2.33. The van der Waals surface area contributed by atoms with Crippen molar-refractivity contribution in [2.45, 2.75) is 19.3 Å². The molecule has 0 aliphatic carbocycles. The van der Waals surface area contributed by atoms with Crippen molar-refractivity contribution >= 4 is 15.7 Å². The van der Waals surface area contributed by atoms with Gasteiger partial charge in [-0.3, -0.25) is 4.79 Å². The van der Waals surface area contributed by atoms with Crippen LogP contribution in [0.1, 0.15) is 24.8 Å². The van der Waals surface area contributed by atoms with E-state index in [1.807, 2.05) is 37.3 Å². The van der Waals surface area contributed by atoms with E-state index in [2.05, 4.69) is 0 Å². The second-order valence-corrected chi connectivity index (χ2v) is 8.34. The Morgan fingerprint density at radius 1 is 1.35 bits per heavy atom. The van der Waals surface area contributed by atoms with Crippen LogP contribution in [0.25, 0.3) is 0 Å². The van der Waals surface area contributed by atoms with Crippen LogP contribution < -0.4 is 0 Å². The summed E-state index contributed by atoms with van der Waals surface area (Å²) in [4.78, 5) is 14.6. The number of sulfone groups is 1. The minimum atomic E-state index is -3.25. The summed E-state index contributed by atoms with van der Waals surface area (Å²) in [6.45, 7) is 4.60. The lowest BCUT2D eigenvalue weighted by molar-refractivity contribution is -0.131. The number of amides is 1. The first-order valence-corrected chi connectivity index (χ1v) is 10.1. The van der Waals surface area contributed by atoms with Crippen LogP contribution in [0.3, 0.4) is 0 Å². The van der Waals surface area contributed by atoms with Crippen molar-refractivity contribution in [1.82, 2.24) is 4.90 Å². The maximum Gasteiger partial charge on any atom is 0.231 e. The van der Waals surface area contributed by atoms with Gasteiger partial charge in [-0.2, -0.15) is 0 Å². The van der Waals surface area contributed by atoms with Crippen LogP contribution in [0, 0.1) is 5.92 Å². The zero-order valence-corrected chi connectivity index (χ0v) is 14.6. The first-order chi connectivity index (χ1) is 10.9. The van der Waals surface area contributed by atoms with Gasteiger partial charge in [0.25, 0.3) is 0 Å². The van der Waals surface area contributed by atoms with Crippen molar-refractivity contribution in [3.05, 3.63) is 35.9 Å². The van der Waals surface area contributed by atoms with Gasteiger partial charge in [0.1, 0.15) is 9.84 Å². The van der Waals surface area contributed by atoms with E-state index in [0.29, 0.717) is 32.2 Å². The molecule has 23 heavy (non-hydrogen) atoms. The first-order valence-electron chi connectivity index (χ1n) is 8.00. The van der Waals surface area contributed by atoms with Crippen LogP contribution in [-0.2, 0) is 19.4 Å². The van der Waals surface area contributed by atoms with Crippen molar-refractivity contribution in [2.24, 2.45) is 5.92 Å². The molecule has 0 N–H and O–H groups in total. The Hall–Kier alpha value is -1.40. The lowest BCUT2D eigenvalue weighted by atomic mass is 9.99. The van der Waals surface area contributed by atoms with E-state index < -0.39 is 15.8 Å². The summed E-state index contributed by atoms with van der Waals surface area (Å²) in [6, 6.07) is 9.17. The van der Waals surface area contributed by atoms with Gasteiger partial charge in [0.15, 0.2) is 0 Å². The fourth-order valence-electron chi connectivity index (χ4n) is 2.97. The molecule has 0 spiro atoms. The summed E-state index contributed by atoms with van der Waals surface area (Å²) in [6.07, 6.45) is 2.09. The number of carbonyl (C=O) groups excluding carboxylic acids is 1. The van der Waals surface area contributed by atoms with Crippen LogP contribution >= 0.6 is 0 Å². The van der Waals surface area contributed by atoms with Crippen LogP contribution in [-0.4, -0.2) is 57.5 Å². The van der Waals surface area contributed by atoms with E-state index in [-0.39, 0.29) is 11.7 Å². The second-order valence-electron chi connectivity index (χ2n) is 6.15. The molecule has 0 bridgehead atoms. The summed E-state index contributed by atoms with van der Waals surface area (Å²) < 4.78 is 28.9. The van der Waals surface area contributed by atoms with Crippen LogP contribution in [0.4, 0.5) is 0 Å². The summed E-state index contributed by atoms with van der Waals surface area (Å²) in [5.41, 5.74) is 0.760. The third kappa shape index (κ3) is 5.32. The van der Waals surface area contributed by atoms with Gasteiger partial charge >= 0.3 is 0 Å². The normalized spacial score (nSPS) is 19.7. The van der Waals surface area contributed by atoms with Gasteiger partial charge in [-0.25, -0.2) is 8.42 Å². The SMILES string of the molecule is CCOC[C@H]1CCN(C(=O)[C@H](CS(C)(=O)=O)c2ccccc2)C1. The largest absolute Gasteiger partial charge is 0.381 e. The highest BCUT2D eigenvalue weighted by molar-refractivity contribution is 7.90. The Labute approximate surface area is 138 Å². The van der Waals surface area contributed by atoms with Gasteiger partial charge in [-0.1, -0.05) is 30.3 Å². The van der Waals surface area contributed by atoms with Crippen LogP contribution in [0.15, 0.2) is 30.3 Å². The minimum Gasteiger partial charge on any atom is -0.381 e. The maximum atomic E-state index is 12.9. The molecule has 0 saturated carbocycles. The number of hydrogen-bond donors (Lipinski definition) is 0. The van der Waals surface area contributed by atoms with Crippen molar-refractivity contribution in [3.8, 4) is 0 Å². The molecule has 1 aromatic rings. The second kappa shape index (κ2) is 7.93. The van der Waals surface area contributed by atoms with Crippen molar-refractivity contribution in [3.63, 3.8) is 0 Å². The van der Waals surface area contributed by atoms with Gasteiger partial charge in [-0.15, -0.1) is 0 Å². The fraction of sp³-hybridized carbons (Fsp3) is 0.588. The molecule has 0 radical (unpaired) electrons. The molecule has 0 unspecified atom stereocenters. The molecule has 6 heteroatoms. The Kier molecular flexibility index (Phi) is 6.18. The molecule has 2 rings (SSSR count). The summed E-state index contributed by atoms with van der Waals surface area (Å²) in [7, 11) is -3.25. The van der Waals surface area contributed by atoms with Crippen molar-refractivity contribution in [2.75, 3.05) is 38.3 Å². The molecule has 1 amide bonds. The van der Waals surface area contributed by atoms with Gasteiger partial charge in [0.05, 0.1) is 18.3 Å². The molecule has 1 aliphatic rings. The smallest absolute Gasteiger partial charge is 0.231 e. The van der Waals surface area contributed by atoms with Crippen LogP contribution in [0.5, 0.6) is 0 Å². The zero-order valence-electron chi connectivity index (χ0n) is 13.8. The standard InChI is InChI=1S/C17H25NO4S/c1-3-22-12-14-9-10-18(11-14)17(19)16(13-23(2,20)21)15-7-5-4-6-8-15/h4-8,14,16H,3,9-13H2,1-2H3/t14-,16+/m0/s1. The molecule has 1 fully saturated rings. The third-order valence-electron chi connectivity index (χ3n) is 4.12. The number of carbonyl (C=O) groups is 1. The molecule has 2 atom stereocenters. The molecule has 1 aromatic carbocycles. The van der Waals surface area contributed by atoms with Crippen molar-refractivity contribution < 1.29 is 17.9 Å². The highest BCUT2D eigenvalue weighted by Crippen LogP contribution is 2.25. The van der Waals surface area contributed by atoms with Gasteiger partial charge < -0.3 is 9.64 Å². The summed E-state index contributed by atoms with van der Waals surface area (Å²) in [5, 5.41) is 0. The minimum absolute atomic E-state index is 0.0966. The van der Waals surface area contributed by atoms with E-state index in [1.54, 1.807) is 4.90 Å². The Bertz CT molecular complexity index is 615. The molecule has 5 nitrogen and oxygen atoms in total. The Balaban J connectivity index is 2.11. The number of rotatable bonds is 7. The fourth-order valence-corrected chi connectivity index (χ4v) is 3.91. The topological polar surface area (TPSA) is 63.7 Å². The van der Waals surface area contributed by atoms with Gasteiger partial charge in [0, 0.05) is 31.9 Å². The average Bonchev–Trinajstić information content (AvgIpc) is 2.99. The molecule has 128 valence electrons. The van der Waals surface area contributed by atoms with E-state index >= 15 is 0 Å². The maximum absolute atomic E-state index is 12.9. The van der Waals surface area contributed by atoms with Crippen LogP contribution in [0.2, 0.25) is 0 Å². The highest BCUT2D eigenvalue weighted by atomic mass is 32.2. The monoisotopic (exact) mass is 339 g/mol. The average molecular weight is 339 g/mol. The number of hydrogen-bond acceptors (Lipinski definition) is 4. The molecule has 1 aliphatic heterocycles. The van der Waals surface area contributed by atoms with Gasteiger partial charge in [0.2, 0.25) is 5.91 Å². The first kappa shape index (κ1) is 17.9. The van der Waals surface area contributed by atoms with E-state index in [1.165, 1.54) is 6.26 Å². The molecular weight excluding hydrogens is 314 g/mol. The molecule has 1 heterocycles. The number of ether oxygens (including phenoxy) is 1. The molecular formula is C17H25NO4S. The van der Waals surface area contributed by atoms with Gasteiger partial charge in [-0.05, 0) is 18.9 Å². The van der Waals surface area contributed by atoms with E-state index in [9.17, 15) is 13.2 Å².